The van der Waals surface area contributed by atoms with Gasteiger partial charge in [0.1, 0.15) is 17.3 Å². The molecule has 1 aliphatic carbocycles. The summed E-state index contributed by atoms with van der Waals surface area (Å²) in [5, 5.41) is 6.35. The third-order valence-corrected chi connectivity index (χ3v) is 4.91. The van der Waals surface area contributed by atoms with Gasteiger partial charge in [-0.05, 0) is 31.9 Å². The van der Waals surface area contributed by atoms with Crippen LogP contribution in [0.3, 0.4) is 0 Å². The zero-order valence-corrected chi connectivity index (χ0v) is 15.5. The summed E-state index contributed by atoms with van der Waals surface area (Å²) in [5.74, 6) is 2.32. The fraction of sp³-hybridized carbons (Fsp3) is 0.450. The molecule has 2 N–H and O–H groups in total. The van der Waals surface area contributed by atoms with Gasteiger partial charge in [0.15, 0.2) is 11.5 Å². The number of nitrogens with zero attached hydrogens (tertiary/aromatic N) is 2. The highest BCUT2D eigenvalue weighted by atomic mass is 16.7. The number of nitrogens with one attached hydrogen (secondary N) is 2. The molecule has 1 aromatic heterocycles. The number of carbonyl (C=O) groups excluding carboxylic acids is 1. The molecule has 4 rings (SSSR count). The lowest BCUT2D eigenvalue weighted by Crippen LogP contribution is -2.21. The first-order valence-electron chi connectivity index (χ1n) is 9.50. The lowest BCUT2D eigenvalue weighted by Gasteiger charge is -2.17. The smallest absolute Gasteiger partial charge is 0.274 e. The molecular formula is C20H24N4O3. The molecule has 2 heterocycles. The summed E-state index contributed by atoms with van der Waals surface area (Å²) in [7, 11) is 0. The predicted octanol–water partition coefficient (Wildman–Crippen LogP) is 3.90. The van der Waals surface area contributed by atoms with Crippen molar-refractivity contribution in [2.75, 3.05) is 17.4 Å². The number of anilines is 2. The van der Waals surface area contributed by atoms with Crippen LogP contribution in [0, 0.1) is 6.92 Å². The van der Waals surface area contributed by atoms with E-state index in [1.165, 1.54) is 25.7 Å². The van der Waals surface area contributed by atoms with Gasteiger partial charge in [0.05, 0.1) is 0 Å². The molecule has 7 nitrogen and oxygen atoms in total. The van der Waals surface area contributed by atoms with Crippen LogP contribution >= 0.6 is 0 Å². The van der Waals surface area contributed by atoms with Gasteiger partial charge in [0.2, 0.25) is 6.79 Å². The summed E-state index contributed by atoms with van der Waals surface area (Å²) in [5.41, 5.74) is 0.982. The Kier molecular flexibility index (Phi) is 5.09. The first-order chi connectivity index (χ1) is 13.2. The maximum Gasteiger partial charge on any atom is 0.274 e. The van der Waals surface area contributed by atoms with Crippen LogP contribution in [0.4, 0.5) is 11.5 Å². The van der Waals surface area contributed by atoms with Crippen molar-refractivity contribution in [3.63, 3.8) is 0 Å². The van der Waals surface area contributed by atoms with E-state index in [9.17, 15) is 4.79 Å². The molecule has 0 saturated heterocycles. The van der Waals surface area contributed by atoms with Crippen molar-refractivity contribution in [2.45, 2.75) is 51.5 Å². The molecule has 1 fully saturated rings. The highest BCUT2D eigenvalue weighted by Gasteiger charge is 2.17. The monoisotopic (exact) mass is 368 g/mol. The summed E-state index contributed by atoms with van der Waals surface area (Å²) in [6.07, 6.45) is 7.34. The molecule has 0 unspecified atom stereocenters. The number of amides is 1. The average Bonchev–Trinajstić information content (AvgIpc) is 2.97. The fourth-order valence-electron chi connectivity index (χ4n) is 3.56. The second kappa shape index (κ2) is 7.82. The summed E-state index contributed by atoms with van der Waals surface area (Å²) < 4.78 is 10.6. The molecule has 142 valence electrons. The summed E-state index contributed by atoms with van der Waals surface area (Å²) in [4.78, 5) is 21.4. The molecule has 2 aliphatic rings. The quantitative estimate of drug-likeness (QED) is 0.796. The van der Waals surface area contributed by atoms with E-state index < -0.39 is 0 Å². The van der Waals surface area contributed by atoms with Crippen molar-refractivity contribution in [3.05, 3.63) is 35.8 Å². The molecule has 1 amide bonds. The van der Waals surface area contributed by atoms with Crippen LogP contribution in [-0.2, 0) is 0 Å². The number of ether oxygens (including phenoxy) is 2. The Morgan fingerprint density at radius 2 is 1.81 bits per heavy atom. The van der Waals surface area contributed by atoms with E-state index in [1.54, 1.807) is 31.2 Å². The average molecular weight is 368 g/mol. The van der Waals surface area contributed by atoms with Crippen molar-refractivity contribution in [1.82, 2.24) is 9.97 Å². The van der Waals surface area contributed by atoms with Crippen LogP contribution < -0.4 is 20.1 Å². The molecule has 27 heavy (non-hydrogen) atoms. The maximum absolute atomic E-state index is 12.7. The van der Waals surface area contributed by atoms with Crippen molar-refractivity contribution in [2.24, 2.45) is 0 Å². The van der Waals surface area contributed by atoms with Crippen molar-refractivity contribution >= 4 is 17.4 Å². The van der Waals surface area contributed by atoms with Crippen molar-refractivity contribution in [1.29, 1.82) is 0 Å². The Hall–Kier alpha value is -2.83. The number of rotatable bonds is 4. The summed E-state index contributed by atoms with van der Waals surface area (Å²) in [6.45, 7) is 2.00. The van der Waals surface area contributed by atoms with E-state index in [0.717, 1.165) is 12.8 Å². The van der Waals surface area contributed by atoms with E-state index >= 15 is 0 Å². The molecule has 1 aromatic carbocycles. The van der Waals surface area contributed by atoms with Crippen LogP contribution in [-0.4, -0.2) is 28.7 Å². The van der Waals surface area contributed by atoms with Gasteiger partial charge in [-0.3, -0.25) is 4.79 Å². The van der Waals surface area contributed by atoms with E-state index in [0.29, 0.717) is 40.6 Å². The Morgan fingerprint density at radius 1 is 1.04 bits per heavy atom. The number of carbonyl (C=O) groups is 1. The molecule has 0 bridgehead atoms. The lowest BCUT2D eigenvalue weighted by atomic mass is 10.1. The highest BCUT2D eigenvalue weighted by molar-refractivity contribution is 6.03. The third-order valence-electron chi connectivity index (χ3n) is 4.91. The normalized spacial score (nSPS) is 16.6. The third kappa shape index (κ3) is 4.30. The van der Waals surface area contributed by atoms with Crippen LogP contribution in [0.15, 0.2) is 24.3 Å². The molecular weight excluding hydrogens is 344 g/mol. The summed E-state index contributed by atoms with van der Waals surface area (Å²) >= 11 is 0. The maximum atomic E-state index is 12.7. The number of aromatic nitrogens is 2. The number of benzene rings is 1. The van der Waals surface area contributed by atoms with Gasteiger partial charge in [-0.1, -0.05) is 25.7 Å². The number of hydrogen-bond acceptors (Lipinski definition) is 6. The SMILES string of the molecule is Cc1nc(NC2CCCCCC2)cc(C(=O)Nc2ccc3c(c2)OCO3)n1. The summed E-state index contributed by atoms with van der Waals surface area (Å²) in [6, 6.07) is 7.44. The lowest BCUT2D eigenvalue weighted by molar-refractivity contribution is 0.102. The zero-order chi connectivity index (χ0) is 18.6. The first-order valence-corrected chi connectivity index (χ1v) is 9.50. The minimum Gasteiger partial charge on any atom is -0.454 e. The molecule has 0 spiro atoms. The molecule has 0 radical (unpaired) electrons. The molecule has 1 saturated carbocycles. The van der Waals surface area contributed by atoms with Crippen molar-refractivity contribution in [3.8, 4) is 11.5 Å². The van der Waals surface area contributed by atoms with E-state index in [1.807, 2.05) is 0 Å². The number of hydrogen-bond donors (Lipinski definition) is 2. The molecule has 0 atom stereocenters. The minimum atomic E-state index is -0.275. The molecule has 2 aromatic rings. The van der Waals surface area contributed by atoms with E-state index in [-0.39, 0.29) is 12.7 Å². The van der Waals surface area contributed by atoms with Crippen LogP contribution in [0.25, 0.3) is 0 Å². The van der Waals surface area contributed by atoms with E-state index in [4.69, 9.17) is 9.47 Å². The number of aryl methyl sites for hydroxylation is 1. The Labute approximate surface area is 158 Å². The fourth-order valence-corrected chi connectivity index (χ4v) is 3.56. The first kappa shape index (κ1) is 17.6. The Balaban J connectivity index is 1.47. The second-order valence-electron chi connectivity index (χ2n) is 7.04. The minimum absolute atomic E-state index is 0.202. The van der Waals surface area contributed by atoms with Gasteiger partial charge >= 0.3 is 0 Å². The standard InChI is InChI=1S/C20H24N4O3/c1-13-21-16(11-19(22-13)23-14-6-4-2-3-5-7-14)20(25)24-15-8-9-17-18(10-15)27-12-26-17/h8-11,14H,2-7,12H2,1H3,(H,24,25)(H,21,22,23). The van der Waals surface area contributed by atoms with Gasteiger partial charge in [-0.15, -0.1) is 0 Å². The van der Waals surface area contributed by atoms with E-state index in [2.05, 4.69) is 20.6 Å². The van der Waals surface area contributed by atoms with Crippen LogP contribution in [0.2, 0.25) is 0 Å². The van der Waals surface area contributed by atoms with Gasteiger partial charge in [0.25, 0.3) is 5.91 Å². The predicted molar refractivity (Wildman–Crippen MR) is 102 cm³/mol. The molecule has 1 aliphatic heterocycles. The Morgan fingerprint density at radius 3 is 2.63 bits per heavy atom. The largest absolute Gasteiger partial charge is 0.454 e. The topological polar surface area (TPSA) is 85.4 Å². The van der Waals surface area contributed by atoms with Crippen LogP contribution in [0.5, 0.6) is 11.5 Å². The van der Waals surface area contributed by atoms with Gasteiger partial charge in [0, 0.05) is 23.9 Å². The van der Waals surface area contributed by atoms with Crippen LogP contribution in [0.1, 0.15) is 54.8 Å². The molecule has 7 heteroatoms. The van der Waals surface area contributed by atoms with Gasteiger partial charge < -0.3 is 20.1 Å². The Bertz CT molecular complexity index is 832. The van der Waals surface area contributed by atoms with Gasteiger partial charge in [-0.25, -0.2) is 9.97 Å². The second-order valence-corrected chi connectivity index (χ2v) is 7.04. The number of fused-ring (bicyclic) bond motifs is 1. The van der Waals surface area contributed by atoms with Gasteiger partial charge in [-0.2, -0.15) is 0 Å². The van der Waals surface area contributed by atoms with Crippen molar-refractivity contribution < 1.29 is 14.3 Å². The zero-order valence-electron chi connectivity index (χ0n) is 15.5. The highest BCUT2D eigenvalue weighted by Crippen LogP contribution is 2.34.